The first-order valence-electron chi connectivity index (χ1n) is 8.94. The summed E-state index contributed by atoms with van der Waals surface area (Å²) in [6, 6.07) is 7.20. The molecular weight excluding hydrogens is 332 g/mol. The van der Waals surface area contributed by atoms with Gasteiger partial charge in [0.1, 0.15) is 0 Å². The summed E-state index contributed by atoms with van der Waals surface area (Å²) in [6.45, 7) is 5.28. The van der Waals surface area contributed by atoms with Gasteiger partial charge in [0.25, 0.3) is 11.8 Å². The summed E-state index contributed by atoms with van der Waals surface area (Å²) >= 11 is 1.69. The van der Waals surface area contributed by atoms with Gasteiger partial charge in [-0.25, -0.2) is 0 Å². The molecule has 1 aromatic heterocycles. The molecule has 5 heteroatoms. The molecule has 1 aliphatic rings. The van der Waals surface area contributed by atoms with E-state index < -0.39 is 0 Å². The number of thiophene rings is 1. The largest absolute Gasteiger partial charge is 0.339 e. The van der Waals surface area contributed by atoms with Crippen molar-refractivity contribution >= 4 is 28.8 Å². The molecule has 0 saturated heterocycles. The van der Waals surface area contributed by atoms with Gasteiger partial charge in [0.15, 0.2) is 0 Å². The number of carbonyl (C=O) groups is 2. The van der Waals surface area contributed by atoms with E-state index >= 15 is 0 Å². The second-order valence-corrected chi connectivity index (χ2v) is 7.23. The SMILES string of the molecule is CCN(CC)C(=O)c1cccc(NC(=O)c2csc3c2CCCC3)c1. The van der Waals surface area contributed by atoms with E-state index in [-0.39, 0.29) is 11.8 Å². The van der Waals surface area contributed by atoms with Crippen molar-refractivity contribution in [1.29, 1.82) is 0 Å². The molecule has 2 aromatic rings. The minimum Gasteiger partial charge on any atom is -0.339 e. The Morgan fingerprint density at radius 3 is 2.68 bits per heavy atom. The first-order valence-corrected chi connectivity index (χ1v) is 9.82. The van der Waals surface area contributed by atoms with Crippen molar-refractivity contribution in [2.75, 3.05) is 18.4 Å². The molecule has 132 valence electrons. The molecule has 1 N–H and O–H groups in total. The van der Waals surface area contributed by atoms with E-state index in [9.17, 15) is 9.59 Å². The second kappa shape index (κ2) is 7.83. The van der Waals surface area contributed by atoms with Crippen molar-refractivity contribution < 1.29 is 9.59 Å². The van der Waals surface area contributed by atoms with Crippen LogP contribution in [0.25, 0.3) is 0 Å². The van der Waals surface area contributed by atoms with Gasteiger partial charge in [-0.3, -0.25) is 9.59 Å². The first-order chi connectivity index (χ1) is 12.1. The Hall–Kier alpha value is -2.14. The Morgan fingerprint density at radius 2 is 1.92 bits per heavy atom. The lowest BCUT2D eigenvalue weighted by molar-refractivity contribution is 0.0772. The van der Waals surface area contributed by atoms with Gasteiger partial charge < -0.3 is 10.2 Å². The number of aryl methyl sites for hydroxylation is 1. The lowest BCUT2D eigenvalue weighted by Gasteiger charge is -2.19. The van der Waals surface area contributed by atoms with Gasteiger partial charge >= 0.3 is 0 Å². The zero-order chi connectivity index (χ0) is 17.8. The van der Waals surface area contributed by atoms with Crippen LogP contribution in [-0.2, 0) is 12.8 Å². The molecule has 0 spiro atoms. The number of hydrogen-bond donors (Lipinski definition) is 1. The Labute approximate surface area is 152 Å². The summed E-state index contributed by atoms with van der Waals surface area (Å²) in [5, 5.41) is 4.93. The fourth-order valence-corrected chi connectivity index (χ4v) is 4.43. The van der Waals surface area contributed by atoms with Crippen molar-refractivity contribution in [3.63, 3.8) is 0 Å². The summed E-state index contributed by atoms with van der Waals surface area (Å²) in [6.07, 6.45) is 4.44. The first kappa shape index (κ1) is 17.7. The van der Waals surface area contributed by atoms with E-state index in [1.165, 1.54) is 16.9 Å². The van der Waals surface area contributed by atoms with Gasteiger partial charge in [-0.2, -0.15) is 0 Å². The van der Waals surface area contributed by atoms with E-state index in [0.717, 1.165) is 24.8 Å². The number of fused-ring (bicyclic) bond motifs is 1. The maximum atomic E-state index is 12.7. The van der Waals surface area contributed by atoms with Gasteiger partial charge in [-0.05, 0) is 63.3 Å². The number of amides is 2. The molecule has 1 heterocycles. The minimum atomic E-state index is -0.0770. The lowest BCUT2D eigenvalue weighted by Crippen LogP contribution is -2.30. The summed E-state index contributed by atoms with van der Waals surface area (Å²) in [5.74, 6) is -0.0825. The van der Waals surface area contributed by atoms with Crippen LogP contribution < -0.4 is 5.32 Å². The Morgan fingerprint density at radius 1 is 1.16 bits per heavy atom. The molecule has 0 fully saturated rings. The lowest BCUT2D eigenvalue weighted by atomic mass is 9.95. The summed E-state index contributed by atoms with van der Waals surface area (Å²) in [5.41, 5.74) is 3.27. The zero-order valence-electron chi connectivity index (χ0n) is 14.8. The van der Waals surface area contributed by atoms with Gasteiger partial charge in [-0.1, -0.05) is 6.07 Å². The fourth-order valence-electron chi connectivity index (χ4n) is 3.31. The number of nitrogens with one attached hydrogen (secondary N) is 1. The van der Waals surface area contributed by atoms with Crippen molar-refractivity contribution in [1.82, 2.24) is 4.90 Å². The van der Waals surface area contributed by atoms with Gasteiger partial charge in [-0.15, -0.1) is 11.3 Å². The Kier molecular flexibility index (Phi) is 5.53. The third-order valence-electron chi connectivity index (χ3n) is 4.72. The van der Waals surface area contributed by atoms with Crippen molar-refractivity contribution in [3.05, 3.63) is 51.2 Å². The topological polar surface area (TPSA) is 49.4 Å². The van der Waals surface area contributed by atoms with Gasteiger partial charge in [0.05, 0.1) is 5.56 Å². The van der Waals surface area contributed by atoms with E-state index in [2.05, 4.69) is 5.32 Å². The van der Waals surface area contributed by atoms with Crippen LogP contribution in [-0.4, -0.2) is 29.8 Å². The van der Waals surface area contributed by atoms with Crippen LogP contribution in [0.3, 0.4) is 0 Å². The number of nitrogens with zero attached hydrogens (tertiary/aromatic N) is 1. The highest BCUT2D eigenvalue weighted by atomic mass is 32.1. The fraction of sp³-hybridized carbons (Fsp3) is 0.400. The summed E-state index contributed by atoms with van der Waals surface area (Å²) < 4.78 is 0. The molecule has 2 amide bonds. The zero-order valence-corrected chi connectivity index (χ0v) is 15.6. The van der Waals surface area contributed by atoms with E-state index in [4.69, 9.17) is 0 Å². The van der Waals surface area contributed by atoms with Crippen LogP contribution in [0, 0.1) is 0 Å². The molecule has 0 saturated carbocycles. The quantitative estimate of drug-likeness (QED) is 0.865. The molecular formula is C20H24N2O2S. The highest BCUT2D eigenvalue weighted by Crippen LogP contribution is 2.30. The summed E-state index contributed by atoms with van der Waals surface area (Å²) in [7, 11) is 0. The molecule has 1 aromatic carbocycles. The van der Waals surface area contributed by atoms with Crippen LogP contribution in [0.5, 0.6) is 0 Å². The van der Waals surface area contributed by atoms with Crippen LogP contribution >= 0.6 is 11.3 Å². The van der Waals surface area contributed by atoms with Crippen molar-refractivity contribution in [3.8, 4) is 0 Å². The highest BCUT2D eigenvalue weighted by Gasteiger charge is 2.20. The van der Waals surface area contributed by atoms with E-state index in [1.54, 1.807) is 28.4 Å². The Balaban J connectivity index is 1.77. The number of rotatable bonds is 5. The predicted octanol–water partition coefficient (Wildman–Crippen LogP) is 4.36. The predicted molar refractivity (Wildman–Crippen MR) is 103 cm³/mol. The van der Waals surface area contributed by atoms with Crippen molar-refractivity contribution in [2.45, 2.75) is 39.5 Å². The maximum Gasteiger partial charge on any atom is 0.256 e. The highest BCUT2D eigenvalue weighted by molar-refractivity contribution is 7.10. The monoisotopic (exact) mass is 356 g/mol. The molecule has 4 nitrogen and oxygen atoms in total. The van der Waals surface area contributed by atoms with Crippen LogP contribution in [0.4, 0.5) is 5.69 Å². The number of anilines is 1. The number of benzene rings is 1. The molecule has 0 radical (unpaired) electrons. The minimum absolute atomic E-state index is 0.00554. The van der Waals surface area contributed by atoms with Crippen LogP contribution in [0.1, 0.15) is 57.8 Å². The molecule has 0 bridgehead atoms. The normalized spacial score (nSPS) is 13.2. The second-order valence-electron chi connectivity index (χ2n) is 6.27. The van der Waals surface area contributed by atoms with Crippen molar-refractivity contribution in [2.24, 2.45) is 0 Å². The average Bonchev–Trinajstić information content (AvgIpc) is 3.07. The molecule has 0 aliphatic heterocycles. The van der Waals surface area contributed by atoms with E-state index in [1.807, 2.05) is 31.4 Å². The third kappa shape index (κ3) is 3.76. The molecule has 0 unspecified atom stereocenters. The average molecular weight is 356 g/mol. The standard InChI is InChI=1S/C20H24N2O2S/c1-3-22(4-2)20(24)14-8-7-9-15(12-14)21-19(23)17-13-25-18-11-6-5-10-16(17)18/h7-9,12-13H,3-6,10-11H2,1-2H3,(H,21,23). The Bertz CT molecular complexity index is 778. The van der Waals surface area contributed by atoms with Gasteiger partial charge in [0, 0.05) is 34.6 Å². The molecule has 25 heavy (non-hydrogen) atoms. The molecule has 1 aliphatic carbocycles. The van der Waals surface area contributed by atoms with Crippen LogP contribution in [0.15, 0.2) is 29.6 Å². The third-order valence-corrected chi connectivity index (χ3v) is 5.81. The number of hydrogen-bond acceptors (Lipinski definition) is 3. The maximum absolute atomic E-state index is 12.7. The molecule has 3 rings (SSSR count). The van der Waals surface area contributed by atoms with Gasteiger partial charge in [0.2, 0.25) is 0 Å². The number of carbonyl (C=O) groups excluding carboxylic acids is 2. The molecule has 0 atom stereocenters. The van der Waals surface area contributed by atoms with Crippen LogP contribution in [0.2, 0.25) is 0 Å². The van der Waals surface area contributed by atoms with E-state index in [0.29, 0.717) is 24.3 Å². The smallest absolute Gasteiger partial charge is 0.256 e. The summed E-state index contributed by atoms with van der Waals surface area (Å²) in [4.78, 5) is 28.3.